The molecular formula is C14H30N2O2. The van der Waals surface area contributed by atoms with Crippen molar-refractivity contribution >= 4 is 5.97 Å². The number of carboxylic acid groups (broad SMARTS) is 1. The highest BCUT2D eigenvalue weighted by atomic mass is 16.4. The summed E-state index contributed by atoms with van der Waals surface area (Å²) in [5.74, 6) is -0.732. The van der Waals surface area contributed by atoms with Gasteiger partial charge in [-0.2, -0.15) is 0 Å². The molecule has 0 amide bonds. The second-order valence-electron chi connectivity index (χ2n) is 5.41. The fourth-order valence-corrected chi connectivity index (χ4v) is 2.20. The van der Waals surface area contributed by atoms with Crippen LogP contribution in [0.1, 0.15) is 53.9 Å². The Bertz CT molecular complexity index is 222. The third kappa shape index (κ3) is 6.97. The molecule has 18 heavy (non-hydrogen) atoms. The van der Waals surface area contributed by atoms with Gasteiger partial charge in [0.2, 0.25) is 0 Å². The van der Waals surface area contributed by atoms with E-state index < -0.39 is 12.0 Å². The van der Waals surface area contributed by atoms with Crippen LogP contribution in [0.2, 0.25) is 0 Å². The van der Waals surface area contributed by atoms with Gasteiger partial charge in [0.25, 0.3) is 0 Å². The summed E-state index contributed by atoms with van der Waals surface area (Å²) in [4.78, 5) is 13.4. The third-order valence-electron chi connectivity index (χ3n) is 3.23. The minimum atomic E-state index is -0.732. The summed E-state index contributed by atoms with van der Waals surface area (Å²) in [6.45, 7) is 12.4. The Morgan fingerprint density at radius 2 is 1.78 bits per heavy atom. The van der Waals surface area contributed by atoms with E-state index >= 15 is 0 Å². The quantitative estimate of drug-likeness (QED) is 0.631. The van der Waals surface area contributed by atoms with Crippen molar-refractivity contribution < 1.29 is 9.90 Å². The monoisotopic (exact) mass is 258 g/mol. The molecule has 0 fully saturated rings. The van der Waals surface area contributed by atoms with Crippen LogP contribution in [-0.2, 0) is 4.79 Å². The van der Waals surface area contributed by atoms with E-state index in [2.05, 4.69) is 44.8 Å². The highest BCUT2D eigenvalue weighted by molar-refractivity contribution is 5.73. The number of hydrogen-bond acceptors (Lipinski definition) is 3. The zero-order chi connectivity index (χ0) is 14.1. The van der Waals surface area contributed by atoms with E-state index in [1.54, 1.807) is 0 Å². The topological polar surface area (TPSA) is 52.6 Å². The van der Waals surface area contributed by atoms with Crippen LogP contribution in [0.3, 0.4) is 0 Å². The van der Waals surface area contributed by atoms with Crippen molar-refractivity contribution in [2.45, 2.75) is 72.0 Å². The normalized spacial score (nSPS) is 13.6. The van der Waals surface area contributed by atoms with Crippen molar-refractivity contribution in [1.82, 2.24) is 10.2 Å². The number of aliphatic carboxylic acids is 1. The van der Waals surface area contributed by atoms with Crippen LogP contribution in [-0.4, -0.2) is 47.2 Å². The van der Waals surface area contributed by atoms with E-state index in [1.165, 1.54) is 0 Å². The molecule has 0 saturated carbocycles. The maximum atomic E-state index is 11.1. The van der Waals surface area contributed by atoms with Crippen LogP contribution < -0.4 is 5.32 Å². The van der Waals surface area contributed by atoms with Gasteiger partial charge in [-0.05, 0) is 34.1 Å². The number of unbranched alkanes of at least 4 members (excludes halogenated alkanes) is 1. The molecule has 4 heteroatoms. The lowest BCUT2D eigenvalue weighted by atomic mass is 10.1. The molecule has 0 aromatic heterocycles. The van der Waals surface area contributed by atoms with Crippen molar-refractivity contribution in [2.24, 2.45) is 0 Å². The highest BCUT2D eigenvalue weighted by Gasteiger charge is 2.17. The molecule has 4 nitrogen and oxygen atoms in total. The molecule has 0 aliphatic heterocycles. The Kier molecular flexibility index (Phi) is 9.02. The maximum Gasteiger partial charge on any atom is 0.320 e. The van der Waals surface area contributed by atoms with E-state index in [4.69, 9.17) is 5.11 Å². The van der Waals surface area contributed by atoms with Crippen molar-refractivity contribution in [3.8, 4) is 0 Å². The van der Waals surface area contributed by atoms with Gasteiger partial charge >= 0.3 is 5.97 Å². The van der Waals surface area contributed by atoms with E-state index in [9.17, 15) is 4.79 Å². The van der Waals surface area contributed by atoms with Crippen LogP contribution in [0.25, 0.3) is 0 Å². The van der Waals surface area contributed by atoms with Gasteiger partial charge in [-0.3, -0.25) is 9.69 Å². The lowest BCUT2D eigenvalue weighted by molar-refractivity contribution is -0.139. The number of carbonyl (C=O) groups is 1. The number of rotatable bonds is 10. The predicted molar refractivity (Wildman–Crippen MR) is 75.9 cm³/mol. The minimum Gasteiger partial charge on any atom is -0.480 e. The second kappa shape index (κ2) is 9.34. The van der Waals surface area contributed by atoms with E-state index in [0.717, 1.165) is 32.4 Å². The van der Waals surface area contributed by atoms with E-state index in [0.29, 0.717) is 12.1 Å². The molecule has 0 aromatic carbocycles. The third-order valence-corrected chi connectivity index (χ3v) is 3.23. The number of hydrogen-bond donors (Lipinski definition) is 2. The van der Waals surface area contributed by atoms with Crippen molar-refractivity contribution in [2.75, 3.05) is 13.1 Å². The average Bonchev–Trinajstić information content (AvgIpc) is 2.26. The Balaban J connectivity index is 4.07. The molecule has 108 valence electrons. The van der Waals surface area contributed by atoms with Crippen molar-refractivity contribution in [3.05, 3.63) is 0 Å². The average molecular weight is 258 g/mol. The standard InChI is InChI=1S/C14H30N2O2/c1-6-7-8-13(14(17)18)15-9-10-16(11(2)3)12(4)5/h11-13,15H,6-10H2,1-5H3,(H,17,18). The summed E-state index contributed by atoms with van der Waals surface area (Å²) in [6.07, 6.45) is 2.72. The summed E-state index contributed by atoms with van der Waals surface area (Å²) in [5.41, 5.74) is 0. The van der Waals surface area contributed by atoms with Crippen LogP contribution in [0, 0.1) is 0 Å². The minimum absolute atomic E-state index is 0.397. The molecule has 0 radical (unpaired) electrons. The SMILES string of the molecule is CCCCC(NCCN(C(C)C)C(C)C)C(=O)O. The molecule has 0 aromatic rings. The largest absolute Gasteiger partial charge is 0.480 e. The number of nitrogens with one attached hydrogen (secondary N) is 1. The van der Waals surface area contributed by atoms with Gasteiger partial charge in [0.15, 0.2) is 0 Å². The van der Waals surface area contributed by atoms with Crippen LogP contribution in [0.5, 0.6) is 0 Å². The fraction of sp³-hybridized carbons (Fsp3) is 0.929. The van der Waals surface area contributed by atoms with Gasteiger partial charge in [0, 0.05) is 25.2 Å². The van der Waals surface area contributed by atoms with Crippen LogP contribution in [0.4, 0.5) is 0 Å². The molecule has 0 heterocycles. The van der Waals surface area contributed by atoms with Gasteiger partial charge in [0.05, 0.1) is 0 Å². The summed E-state index contributed by atoms with van der Waals surface area (Å²) in [5, 5.41) is 12.3. The predicted octanol–water partition coefficient (Wildman–Crippen LogP) is 2.34. The van der Waals surface area contributed by atoms with Crippen molar-refractivity contribution in [3.63, 3.8) is 0 Å². The lowest BCUT2D eigenvalue weighted by Gasteiger charge is -2.31. The molecule has 0 aliphatic carbocycles. The summed E-state index contributed by atoms with van der Waals surface area (Å²) in [7, 11) is 0. The van der Waals surface area contributed by atoms with Gasteiger partial charge in [-0.1, -0.05) is 19.8 Å². The molecule has 0 spiro atoms. The van der Waals surface area contributed by atoms with Gasteiger partial charge in [0.1, 0.15) is 6.04 Å². The van der Waals surface area contributed by atoms with Gasteiger partial charge < -0.3 is 10.4 Å². The first-order valence-corrected chi connectivity index (χ1v) is 7.12. The van der Waals surface area contributed by atoms with Crippen molar-refractivity contribution in [1.29, 1.82) is 0 Å². The Hall–Kier alpha value is -0.610. The molecule has 0 saturated heterocycles. The molecule has 1 atom stereocenters. The molecule has 0 rings (SSSR count). The van der Waals surface area contributed by atoms with Gasteiger partial charge in [-0.15, -0.1) is 0 Å². The zero-order valence-corrected chi connectivity index (χ0v) is 12.6. The van der Waals surface area contributed by atoms with Gasteiger partial charge in [-0.25, -0.2) is 0 Å². The van der Waals surface area contributed by atoms with E-state index in [-0.39, 0.29) is 0 Å². The highest BCUT2D eigenvalue weighted by Crippen LogP contribution is 2.04. The Labute approximate surface area is 112 Å². The van der Waals surface area contributed by atoms with Crippen LogP contribution >= 0.6 is 0 Å². The smallest absolute Gasteiger partial charge is 0.320 e. The first-order chi connectivity index (χ1) is 8.40. The molecule has 1 unspecified atom stereocenters. The summed E-state index contributed by atoms with van der Waals surface area (Å²) >= 11 is 0. The zero-order valence-electron chi connectivity index (χ0n) is 12.6. The number of nitrogens with zero attached hydrogens (tertiary/aromatic N) is 1. The molecule has 2 N–H and O–H groups in total. The number of carboxylic acids is 1. The first kappa shape index (κ1) is 17.4. The second-order valence-corrected chi connectivity index (χ2v) is 5.41. The molecule has 0 bridgehead atoms. The maximum absolute atomic E-state index is 11.1. The molecule has 0 aliphatic rings. The first-order valence-electron chi connectivity index (χ1n) is 7.12. The summed E-state index contributed by atoms with van der Waals surface area (Å²) < 4.78 is 0. The summed E-state index contributed by atoms with van der Waals surface area (Å²) in [6, 6.07) is 0.586. The fourth-order valence-electron chi connectivity index (χ4n) is 2.20. The lowest BCUT2D eigenvalue weighted by Crippen LogP contribution is -2.45. The molecular weight excluding hydrogens is 228 g/mol. The Morgan fingerprint density at radius 3 is 2.17 bits per heavy atom. The van der Waals surface area contributed by atoms with Crippen LogP contribution in [0.15, 0.2) is 0 Å². The Morgan fingerprint density at radius 1 is 1.22 bits per heavy atom. The van der Waals surface area contributed by atoms with E-state index in [1.807, 2.05) is 0 Å².